The molecule has 2 rings (SSSR count). The Morgan fingerprint density at radius 1 is 1.29 bits per heavy atom. The van der Waals surface area contributed by atoms with Gasteiger partial charge < -0.3 is 22.5 Å². The highest BCUT2D eigenvalue weighted by Crippen LogP contribution is 2.26. The predicted octanol–water partition coefficient (Wildman–Crippen LogP) is -0.850. The molecule has 0 saturated heterocycles. The molecule has 17 heavy (non-hydrogen) atoms. The fourth-order valence-electron chi connectivity index (χ4n) is 1.63. The van der Waals surface area contributed by atoms with Gasteiger partial charge in [0.15, 0.2) is 5.96 Å². The van der Waals surface area contributed by atoms with Crippen LogP contribution in [0.4, 0.5) is 5.69 Å². The highest BCUT2D eigenvalue weighted by molar-refractivity contribution is 6.04. The van der Waals surface area contributed by atoms with Gasteiger partial charge in [-0.1, -0.05) is 12.1 Å². The van der Waals surface area contributed by atoms with Crippen molar-refractivity contribution in [1.82, 2.24) is 5.32 Å². The molecule has 1 aromatic rings. The van der Waals surface area contributed by atoms with Gasteiger partial charge in [-0.3, -0.25) is 4.79 Å². The topological polar surface area (TPSA) is 132 Å². The first-order valence-electron chi connectivity index (χ1n) is 4.92. The van der Waals surface area contributed by atoms with Gasteiger partial charge in [0.2, 0.25) is 5.96 Å². The SMILES string of the molecule is NC(N)=NC(N)=Nc1cccc2c1C(=O)NC2. The van der Waals surface area contributed by atoms with E-state index in [1.807, 2.05) is 6.07 Å². The number of guanidine groups is 2. The first-order valence-corrected chi connectivity index (χ1v) is 4.92. The van der Waals surface area contributed by atoms with Crippen LogP contribution in [0.2, 0.25) is 0 Å². The number of rotatable bonds is 1. The maximum atomic E-state index is 11.6. The Hall–Kier alpha value is -2.57. The van der Waals surface area contributed by atoms with E-state index < -0.39 is 0 Å². The van der Waals surface area contributed by atoms with E-state index in [9.17, 15) is 4.79 Å². The molecule has 0 saturated carbocycles. The van der Waals surface area contributed by atoms with Crippen molar-refractivity contribution in [2.45, 2.75) is 6.54 Å². The van der Waals surface area contributed by atoms with Crippen molar-refractivity contribution in [2.75, 3.05) is 0 Å². The van der Waals surface area contributed by atoms with Crippen molar-refractivity contribution < 1.29 is 4.79 Å². The Bertz CT molecular complexity index is 530. The fraction of sp³-hybridized carbons (Fsp3) is 0.100. The molecule has 0 radical (unpaired) electrons. The lowest BCUT2D eigenvalue weighted by Gasteiger charge is -2.01. The summed E-state index contributed by atoms with van der Waals surface area (Å²) in [5, 5.41) is 2.71. The molecule has 0 spiro atoms. The number of hydrogen-bond acceptors (Lipinski definition) is 2. The zero-order chi connectivity index (χ0) is 12.4. The van der Waals surface area contributed by atoms with Gasteiger partial charge in [-0.2, -0.15) is 4.99 Å². The molecular formula is C10H12N6O. The van der Waals surface area contributed by atoms with Gasteiger partial charge >= 0.3 is 0 Å². The van der Waals surface area contributed by atoms with Crippen LogP contribution in [0, 0.1) is 0 Å². The van der Waals surface area contributed by atoms with Crippen LogP contribution in [0.15, 0.2) is 28.2 Å². The summed E-state index contributed by atoms with van der Waals surface area (Å²) in [4.78, 5) is 19.2. The van der Waals surface area contributed by atoms with E-state index in [0.717, 1.165) is 5.56 Å². The Morgan fingerprint density at radius 2 is 2.06 bits per heavy atom. The molecule has 0 atom stereocenters. The number of carbonyl (C=O) groups is 1. The summed E-state index contributed by atoms with van der Waals surface area (Å²) >= 11 is 0. The molecule has 7 N–H and O–H groups in total. The maximum Gasteiger partial charge on any atom is 0.254 e. The summed E-state index contributed by atoms with van der Waals surface area (Å²) in [7, 11) is 0. The van der Waals surface area contributed by atoms with Gasteiger partial charge in [-0.05, 0) is 11.6 Å². The van der Waals surface area contributed by atoms with Crippen LogP contribution < -0.4 is 22.5 Å². The van der Waals surface area contributed by atoms with E-state index in [-0.39, 0.29) is 17.8 Å². The molecule has 0 aromatic heterocycles. The van der Waals surface area contributed by atoms with Crippen molar-refractivity contribution in [3.05, 3.63) is 29.3 Å². The number of amides is 1. The third kappa shape index (κ3) is 2.17. The van der Waals surface area contributed by atoms with E-state index in [4.69, 9.17) is 17.2 Å². The zero-order valence-electron chi connectivity index (χ0n) is 8.97. The molecule has 0 unspecified atom stereocenters. The summed E-state index contributed by atoms with van der Waals surface area (Å²) in [6, 6.07) is 5.32. The number of hydrogen-bond donors (Lipinski definition) is 4. The Labute approximate surface area is 97.4 Å². The van der Waals surface area contributed by atoms with Crippen molar-refractivity contribution in [3.63, 3.8) is 0 Å². The smallest absolute Gasteiger partial charge is 0.254 e. The average molecular weight is 232 g/mol. The summed E-state index contributed by atoms with van der Waals surface area (Å²) in [6.45, 7) is 0.500. The van der Waals surface area contributed by atoms with Gasteiger partial charge in [-0.25, -0.2) is 4.99 Å². The van der Waals surface area contributed by atoms with E-state index in [2.05, 4.69) is 15.3 Å². The first-order chi connectivity index (χ1) is 8.08. The molecule has 88 valence electrons. The zero-order valence-corrected chi connectivity index (χ0v) is 8.97. The third-order valence-electron chi connectivity index (χ3n) is 2.27. The monoisotopic (exact) mass is 232 g/mol. The van der Waals surface area contributed by atoms with Crippen molar-refractivity contribution in [3.8, 4) is 0 Å². The lowest BCUT2D eigenvalue weighted by Crippen LogP contribution is -2.26. The van der Waals surface area contributed by atoms with E-state index in [1.54, 1.807) is 12.1 Å². The second-order valence-corrected chi connectivity index (χ2v) is 3.50. The van der Waals surface area contributed by atoms with Crippen LogP contribution in [0.1, 0.15) is 15.9 Å². The van der Waals surface area contributed by atoms with Gasteiger partial charge in [0.1, 0.15) is 0 Å². The normalized spacial score (nSPS) is 14.1. The quantitative estimate of drug-likeness (QED) is 0.371. The molecule has 0 fully saturated rings. The van der Waals surface area contributed by atoms with Crippen LogP contribution >= 0.6 is 0 Å². The minimum absolute atomic E-state index is 0.0851. The average Bonchev–Trinajstić information content (AvgIpc) is 2.60. The third-order valence-corrected chi connectivity index (χ3v) is 2.27. The first kappa shape index (κ1) is 10.9. The lowest BCUT2D eigenvalue weighted by atomic mass is 10.1. The molecule has 1 aromatic carbocycles. The Morgan fingerprint density at radius 3 is 2.76 bits per heavy atom. The van der Waals surface area contributed by atoms with E-state index in [1.165, 1.54) is 0 Å². The number of nitrogens with zero attached hydrogens (tertiary/aromatic N) is 2. The number of benzene rings is 1. The van der Waals surface area contributed by atoms with Gasteiger partial charge in [0, 0.05) is 6.54 Å². The minimum Gasteiger partial charge on any atom is -0.370 e. The predicted molar refractivity (Wildman–Crippen MR) is 64.7 cm³/mol. The molecule has 0 bridgehead atoms. The number of aliphatic imine (C=N–C) groups is 2. The molecule has 0 aliphatic carbocycles. The Balaban J connectivity index is 2.45. The molecule has 1 heterocycles. The Kier molecular flexibility index (Phi) is 2.65. The molecule has 7 nitrogen and oxygen atoms in total. The second-order valence-electron chi connectivity index (χ2n) is 3.50. The van der Waals surface area contributed by atoms with Gasteiger partial charge in [-0.15, -0.1) is 0 Å². The van der Waals surface area contributed by atoms with Crippen LogP contribution in [0.3, 0.4) is 0 Å². The lowest BCUT2D eigenvalue weighted by molar-refractivity contribution is 0.0966. The number of carbonyl (C=O) groups excluding carboxylic acids is 1. The largest absolute Gasteiger partial charge is 0.370 e. The molecule has 1 aliphatic heterocycles. The number of nitrogens with one attached hydrogen (secondary N) is 1. The molecule has 1 aliphatic rings. The molecule has 7 heteroatoms. The number of nitrogens with two attached hydrogens (primary N) is 3. The van der Waals surface area contributed by atoms with Gasteiger partial charge in [0.25, 0.3) is 5.91 Å². The van der Waals surface area contributed by atoms with Gasteiger partial charge in [0.05, 0.1) is 11.3 Å². The number of fused-ring (bicyclic) bond motifs is 1. The van der Waals surface area contributed by atoms with Crippen LogP contribution in [-0.4, -0.2) is 17.8 Å². The molecular weight excluding hydrogens is 220 g/mol. The summed E-state index contributed by atoms with van der Waals surface area (Å²) in [6.07, 6.45) is 0. The van der Waals surface area contributed by atoms with E-state index >= 15 is 0 Å². The van der Waals surface area contributed by atoms with Crippen molar-refractivity contribution >= 4 is 23.5 Å². The standard InChI is InChI=1S/C10H12N6O/c11-9(12)16-10(13)15-6-3-1-2-5-4-14-8(17)7(5)6/h1-3H,4H2,(H,14,17)(H6,11,12,13,15,16). The second kappa shape index (κ2) is 4.12. The maximum absolute atomic E-state index is 11.6. The molecule has 1 amide bonds. The fourth-order valence-corrected chi connectivity index (χ4v) is 1.63. The summed E-state index contributed by atoms with van der Waals surface area (Å²) in [5.74, 6) is -0.432. The summed E-state index contributed by atoms with van der Waals surface area (Å²) in [5.41, 5.74) is 17.7. The van der Waals surface area contributed by atoms with Crippen LogP contribution in [0.25, 0.3) is 0 Å². The summed E-state index contributed by atoms with van der Waals surface area (Å²) < 4.78 is 0. The van der Waals surface area contributed by atoms with Crippen molar-refractivity contribution in [1.29, 1.82) is 0 Å². The highest BCUT2D eigenvalue weighted by atomic mass is 16.1. The highest BCUT2D eigenvalue weighted by Gasteiger charge is 2.21. The van der Waals surface area contributed by atoms with Crippen LogP contribution in [0.5, 0.6) is 0 Å². The minimum atomic E-state index is -0.178. The van der Waals surface area contributed by atoms with Crippen LogP contribution in [-0.2, 0) is 6.54 Å². The van der Waals surface area contributed by atoms with Crippen molar-refractivity contribution in [2.24, 2.45) is 27.2 Å². The van der Waals surface area contributed by atoms with E-state index in [0.29, 0.717) is 17.8 Å².